The standard InChI is InChI=1S/C21H17F3N2O2S/c1-28-18-5-3-2-4-14(18)17-11-29-20(25-17)26-19(27)16-10-15(16)12-6-8-13(9-7-12)21(22,23)24/h2-9,11,15-16H,10H2,1H3,(H,25,26,27). The molecule has 1 saturated carbocycles. The van der Waals surface area contributed by atoms with Crippen LogP contribution < -0.4 is 10.1 Å². The Labute approximate surface area is 169 Å². The van der Waals surface area contributed by atoms with Crippen molar-refractivity contribution >= 4 is 22.4 Å². The van der Waals surface area contributed by atoms with E-state index >= 15 is 0 Å². The van der Waals surface area contributed by atoms with Crippen LogP contribution in [0.4, 0.5) is 18.3 Å². The van der Waals surface area contributed by atoms with Crippen molar-refractivity contribution in [3.8, 4) is 17.0 Å². The normalized spacial score (nSPS) is 18.3. The van der Waals surface area contributed by atoms with Gasteiger partial charge in [-0.05, 0) is 42.2 Å². The Morgan fingerprint density at radius 3 is 2.59 bits per heavy atom. The second kappa shape index (κ2) is 7.51. The first-order valence-corrected chi connectivity index (χ1v) is 9.81. The molecule has 2 atom stereocenters. The number of ether oxygens (including phenoxy) is 1. The molecule has 3 aromatic rings. The molecule has 4 rings (SSSR count). The van der Waals surface area contributed by atoms with Crippen molar-refractivity contribution in [2.24, 2.45) is 5.92 Å². The minimum absolute atomic E-state index is 0.0640. The zero-order valence-corrected chi connectivity index (χ0v) is 16.2. The maximum atomic E-state index is 12.7. The van der Waals surface area contributed by atoms with E-state index in [4.69, 9.17) is 4.74 Å². The molecule has 29 heavy (non-hydrogen) atoms. The highest BCUT2D eigenvalue weighted by Gasteiger charge is 2.44. The maximum Gasteiger partial charge on any atom is 0.416 e. The molecule has 0 spiro atoms. The number of nitrogens with one attached hydrogen (secondary N) is 1. The van der Waals surface area contributed by atoms with E-state index in [0.717, 1.165) is 23.3 Å². The fourth-order valence-electron chi connectivity index (χ4n) is 3.28. The summed E-state index contributed by atoms with van der Waals surface area (Å²) in [6.07, 6.45) is -3.75. The van der Waals surface area contributed by atoms with Gasteiger partial charge in [0, 0.05) is 16.9 Å². The van der Waals surface area contributed by atoms with Crippen molar-refractivity contribution < 1.29 is 22.7 Å². The molecule has 2 aromatic carbocycles. The quantitative estimate of drug-likeness (QED) is 0.589. The molecular weight excluding hydrogens is 401 g/mol. The van der Waals surface area contributed by atoms with Gasteiger partial charge in [0.15, 0.2) is 5.13 Å². The van der Waals surface area contributed by atoms with Crippen molar-refractivity contribution in [1.29, 1.82) is 0 Å². The van der Waals surface area contributed by atoms with Gasteiger partial charge in [-0.1, -0.05) is 24.3 Å². The van der Waals surface area contributed by atoms with E-state index in [-0.39, 0.29) is 17.7 Å². The Morgan fingerprint density at radius 2 is 1.90 bits per heavy atom. The molecule has 0 bridgehead atoms. The molecule has 1 amide bonds. The second-order valence-electron chi connectivity index (χ2n) is 6.80. The van der Waals surface area contributed by atoms with Crippen LogP contribution >= 0.6 is 11.3 Å². The average Bonchev–Trinajstić information content (AvgIpc) is 3.39. The number of nitrogens with zero attached hydrogens (tertiary/aromatic N) is 1. The van der Waals surface area contributed by atoms with Gasteiger partial charge in [-0.3, -0.25) is 4.79 Å². The number of methoxy groups -OCH3 is 1. The van der Waals surface area contributed by atoms with E-state index < -0.39 is 11.7 Å². The van der Waals surface area contributed by atoms with Crippen LogP contribution in [0.15, 0.2) is 53.9 Å². The van der Waals surface area contributed by atoms with Crippen LogP contribution in [0, 0.1) is 5.92 Å². The fourth-order valence-corrected chi connectivity index (χ4v) is 4.00. The van der Waals surface area contributed by atoms with Gasteiger partial charge in [0.05, 0.1) is 18.4 Å². The molecule has 4 nitrogen and oxygen atoms in total. The molecule has 0 saturated heterocycles. The number of alkyl halides is 3. The van der Waals surface area contributed by atoms with Gasteiger partial charge in [0.2, 0.25) is 5.91 Å². The Bertz CT molecular complexity index is 1030. The molecule has 150 valence electrons. The Kier molecular flexibility index (Phi) is 5.04. The van der Waals surface area contributed by atoms with Crippen LogP contribution in [-0.2, 0) is 11.0 Å². The predicted octanol–water partition coefficient (Wildman–Crippen LogP) is 5.58. The van der Waals surface area contributed by atoms with Crippen molar-refractivity contribution in [2.45, 2.75) is 18.5 Å². The molecule has 8 heteroatoms. The van der Waals surface area contributed by atoms with Crippen LogP contribution in [0.1, 0.15) is 23.5 Å². The number of para-hydroxylation sites is 1. The summed E-state index contributed by atoms with van der Waals surface area (Å²) in [4.78, 5) is 17.0. The SMILES string of the molecule is COc1ccccc1-c1csc(NC(=O)C2CC2c2ccc(C(F)(F)F)cc2)n1. The van der Waals surface area contributed by atoms with E-state index in [1.54, 1.807) is 7.11 Å². The molecule has 1 heterocycles. The van der Waals surface area contributed by atoms with Gasteiger partial charge >= 0.3 is 6.18 Å². The summed E-state index contributed by atoms with van der Waals surface area (Å²) in [5.41, 5.74) is 1.60. The van der Waals surface area contributed by atoms with Crippen molar-refractivity contribution in [3.63, 3.8) is 0 Å². The Balaban J connectivity index is 1.41. The zero-order valence-electron chi connectivity index (χ0n) is 15.4. The molecule has 1 fully saturated rings. The summed E-state index contributed by atoms with van der Waals surface area (Å²) in [5, 5.41) is 5.14. The minimum Gasteiger partial charge on any atom is -0.496 e. The summed E-state index contributed by atoms with van der Waals surface area (Å²) >= 11 is 1.32. The highest BCUT2D eigenvalue weighted by molar-refractivity contribution is 7.14. The number of hydrogen-bond donors (Lipinski definition) is 1. The fraction of sp³-hybridized carbons (Fsp3) is 0.238. The Morgan fingerprint density at radius 1 is 1.17 bits per heavy atom. The lowest BCUT2D eigenvalue weighted by Crippen LogP contribution is -2.14. The van der Waals surface area contributed by atoms with Gasteiger partial charge in [-0.2, -0.15) is 13.2 Å². The van der Waals surface area contributed by atoms with E-state index in [2.05, 4.69) is 10.3 Å². The molecule has 1 aliphatic rings. The van der Waals surface area contributed by atoms with Crippen molar-refractivity contribution in [2.75, 3.05) is 12.4 Å². The number of aromatic nitrogens is 1. The predicted molar refractivity (Wildman–Crippen MR) is 105 cm³/mol. The summed E-state index contributed by atoms with van der Waals surface area (Å²) in [6.45, 7) is 0. The molecule has 1 aliphatic carbocycles. The Hall–Kier alpha value is -2.87. The maximum absolute atomic E-state index is 12.7. The van der Waals surface area contributed by atoms with Gasteiger partial charge < -0.3 is 10.1 Å². The number of thiazole rings is 1. The molecule has 0 aliphatic heterocycles. The van der Waals surface area contributed by atoms with Crippen LogP contribution in [0.25, 0.3) is 11.3 Å². The van der Waals surface area contributed by atoms with Crippen LogP contribution in [0.3, 0.4) is 0 Å². The molecule has 1 aromatic heterocycles. The zero-order chi connectivity index (χ0) is 20.6. The van der Waals surface area contributed by atoms with Gasteiger partial charge in [0.1, 0.15) is 5.75 Å². The van der Waals surface area contributed by atoms with E-state index in [1.807, 2.05) is 29.6 Å². The first kappa shape index (κ1) is 19.4. The number of amides is 1. The highest BCUT2D eigenvalue weighted by atomic mass is 32.1. The van der Waals surface area contributed by atoms with Crippen LogP contribution in [0.5, 0.6) is 5.75 Å². The first-order chi connectivity index (χ1) is 13.9. The molecule has 1 N–H and O–H groups in total. The smallest absolute Gasteiger partial charge is 0.416 e. The topological polar surface area (TPSA) is 51.2 Å². The van der Waals surface area contributed by atoms with Gasteiger partial charge in [-0.25, -0.2) is 4.98 Å². The van der Waals surface area contributed by atoms with Crippen LogP contribution in [-0.4, -0.2) is 18.0 Å². The lowest BCUT2D eigenvalue weighted by Gasteiger charge is -2.07. The molecule has 2 unspecified atom stereocenters. The monoisotopic (exact) mass is 418 g/mol. The van der Waals surface area contributed by atoms with Crippen molar-refractivity contribution in [1.82, 2.24) is 4.98 Å². The molecule has 0 radical (unpaired) electrons. The van der Waals surface area contributed by atoms with E-state index in [0.29, 0.717) is 23.0 Å². The van der Waals surface area contributed by atoms with Gasteiger partial charge in [0.25, 0.3) is 0 Å². The van der Waals surface area contributed by atoms with Gasteiger partial charge in [-0.15, -0.1) is 11.3 Å². The highest BCUT2D eigenvalue weighted by Crippen LogP contribution is 2.48. The summed E-state index contributed by atoms with van der Waals surface area (Å²) < 4.78 is 43.4. The summed E-state index contributed by atoms with van der Waals surface area (Å²) in [7, 11) is 1.59. The molecular formula is C21H17F3N2O2S. The number of carbonyl (C=O) groups excluding carboxylic acids is 1. The van der Waals surface area contributed by atoms with Crippen molar-refractivity contribution in [3.05, 3.63) is 65.0 Å². The summed E-state index contributed by atoms with van der Waals surface area (Å²) in [5.74, 6) is 0.201. The largest absolute Gasteiger partial charge is 0.496 e. The minimum atomic E-state index is -4.36. The number of rotatable bonds is 5. The third kappa shape index (κ3) is 4.12. The van der Waals surface area contributed by atoms with E-state index in [9.17, 15) is 18.0 Å². The third-order valence-corrected chi connectivity index (χ3v) is 5.67. The third-order valence-electron chi connectivity index (χ3n) is 4.91. The lowest BCUT2D eigenvalue weighted by molar-refractivity contribution is -0.137. The summed E-state index contributed by atoms with van der Waals surface area (Å²) in [6, 6.07) is 12.5. The number of halogens is 3. The number of benzene rings is 2. The van der Waals surface area contributed by atoms with E-state index in [1.165, 1.54) is 23.5 Å². The number of anilines is 1. The lowest BCUT2D eigenvalue weighted by atomic mass is 10.1. The first-order valence-electron chi connectivity index (χ1n) is 8.94. The average molecular weight is 418 g/mol. The second-order valence-corrected chi connectivity index (χ2v) is 7.65. The number of hydrogen-bond acceptors (Lipinski definition) is 4. The van der Waals surface area contributed by atoms with Crippen LogP contribution in [0.2, 0.25) is 0 Å². The number of carbonyl (C=O) groups is 1.